The van der Waals surface area contributed by atoms with Crippen LogP contribution in [0.2, 0.25) is 0 Å². The summed E-state index contributed by atoms with van der Waals surface area (Å²) in [6.07, 6.45) is 3.44. The predicted molar refractivity (Wildman–Crippen MR) is 69.8 cm³/mol. The highest BCUT2D eigenvalue weighted by Gasteiger charge is 2.27. The Morgan fingerprint density at radius 3 is 2.56 bits per heavy atom. The van der Waals surface area contributed by atoms with E-state index in [1.807, 2.05) is 4.90 Å². The molecule has 100 valence electrons. The average molecular weight is 254 g/mol. The molecule has 1 aliphatic rings. The molecule has 0 radical (unpaired) electrons. The Bertz CT molecular complexity index is 397. The van der Waals surface area contributed by atoms with Gasteiger partial charge in [0.1, 0.15) is 17.3 Å². The first-order valence-corrected chi connectivity index (χ1v) is 6.62. The molecule has 0 aromatic heterocycles. The minimum atomic E-state index is -0.459. The Hall–Kier alpha value is -1.16. The zero-order chi connectivity index (χ0) is 13.1. The topological polar surface area (TPSA) is 29.3 Å². The van der Waals surface area contributed by atoms with E-state index >= 15 is 0 Å². The van der Waals surface area contributed by atoms with Gasteiger partial charge in [-0.1, -0.05) is 6.92 Å². The number of halogens is 2. The second kappa shape index (κ2) is 5.65. The second-order valence-electron chi connectivity index (χ2n) is 4.84. The maximum Gasteiger partial charge on any atom is 0.149 e. The molecule has 0 amide bonds. The highest BCUT2D eigenvalue weighted by atomic mass is 19.1. The van der Waals surface area contributed by atoms with Crippen LogP contribution < -0.4 is 10.6 Å². The van der Waals surface area contributed by atoms with Crippen molar-refractivity contribution in [2.45, 2.75) is 38.6 Å². The molecule has 1 unspecified atom stereocenters. The molecule has 18 heavy (non-hydrogen) atoms. The minimum Gasteiger partial charge on any atom is -0.364 e. The monoisotopic (exact) mass is 254 g/mol. The number of benzene rings is 1. The van der Waals surface area contributed by atoms with Gasteiger partial charge in [-0.05, 0) is 49.9 Å². The lowest BCUT2D eigenvalue weighted by Crippen LogP contribution is -2.30. The van der Waals surface area contributed by atoms with Crippen LogP contribution in [-0.2, 0) is 6.42 Å². The summed E-state index contributed by atoms with van der Waals surface area (Å²) in [5.74, 6) is -0.919. The molecule has 1 aliphatic heterocycles. The van der Waals surface area contributed by atoms with E-state index in [2.05, 4.69) is 6.92 Å². The van der Waals surface area contributed by atoms with E-state index in [1.165, 1.54) is 12.1 Å². The summed E-state index contributed by atoms with van der Waals surface area (Å²) in [6, 6.07) is 3.08. The Labute approximate surface area is 107 Å². The van der Waals surface area contributed by atoms with Gasteiger partial charge in [0.05, 0.1) is 0 Å². The maximum atomic E-state index is 14.1. The van der Waals surface area contributed by atoms with Crippen molar-refractivity contribution in [3.63, 3.8) is 0 Å². The third-order valence-corrected chi connectivity index (χ3v) is 3.65. The summed E-state index contributed by atoms with van der Waals surface area (Å²) >= 11 is 0. The number of anilines is 1. The standard InChI is InChI=1S/C14H20F2N2/c1-2-11-4-3-7-18(11)14-12(15)8-10(5-6-17)9-13(14)16/h8-9,11H,2-7,17H2,1H3. The Morgan fingerprint density at radius 2 is 2.00 bits per heavy atom. The van der Waals surface area contributed by atoms with Gasteiger partial charge in [0.2, 0.25) is 0 Å². The molecule has 1 heterocycles. The average Bonchev–Trinajstić information content (AvgIpc) is 2.76. The molecule has 1 saturated heterocycles. The molecule has 0 spiro atoms. The van der Waals surface area contributed by atoms with Gasteiger partial charge < -0.3 is 10.6 Å². The lowest BCUT2D eigenvalue weighted by atomic mass is 10.1. The fourth-order valence-corrected chi connectivity index (χ4v) is 2.76. The molecule has 0 aliphatic carbocycles. The van der Waals surface area contributed by atoms with Gasteiger partial charge in [-0.15, -0.1) is 0 Å². The zero-order valence-corrected chi connectivity index (χ0v) is 10.8. The van der Waals surface area contributed by atoms with Gasteiger partial charge in [-0.3, -0.25) is 0 Å². The van der Waals surface area contributed by atoms with Crippen molar-refractivity contribution in [3.05, 3.63) is 29.3 Å². The van der Waals surface area contributed by atoms with E-state index in [9.17, 15) is 8.78 Å². The fraction of sp³-hybridized carbons (Fsp3) is 0.571. The summed E-state index contributed by atoms with van der Waals surface area (Å²) in [5.41, 5.74) is 6.18. The molecule has 1 fully saturated rings. The number of rotatable bonds is 4. The number of nitrogens with two attached hydrogens (primary N) is 1. The Kier molecular flexibility index (Phi) is 4.17. The molecule has 2 N–H and O–H groups in total. The lowest BCUT2D eigenvalue weighted by molar-refractivity contribution is 0.554. The second-order valence-corrected chi connectivity index (χ2v) is 4.84. The SMILES string of the molecule is CCC1CCCN1c1c(F)cc(CCN)cc1F. The van der Waals surface area contributed by atoms with Crippen LogP contribution in [0.4, 0.5) is 14.5 Å². The van der Waals surface area contributed by atoms with Gasteiger partial charge in [0.15, 0.2) is 0 Å². The highest BCUT2D eigenvalue weighted by molar-refractivity contribution is 5.52. The maximum absolute atomic E-state index is 14.1. The van der Waals surface area contributed by atoms with E-state index in [0.717, 1.165) is 25.8 Å². The Balaban J connectivity index is 2.33. The number of hydrogen-bond donors (Lipinski definition) is 1. The summed E-state index contributed by atoms with van der Waals surface area (Å²) in [6.45, 7) is 3.20. The summed E-state index contributed by atoms with van der Waals surface area (Å²) < 4.78 is 28.1. The van der Waals surface area contributed by atoms with Crippen LogP contribution in [0, 0.1) is 11.6 Å². The van der Waals surface area contributed by atoms with Gasteiger partial charge in [0.25, 0.3) is 0 Å². The molecule has 0 saturated carbocycles. The minimum absolute atomic E-state index is 0.139. The molecule has 1 atom stereocenters. The van der Waals surface area contributed by atoms with E-state index in [4.69, 9.17) is 5.73 Å². The van der Waals surface area contributed by atoms with Crippen LogP contribution in [0.1, 0.15) is 31.7 Å². The molecule has 4 heteroatoms. The molecule has 0 bridgehead atoms. The number of nitrogens with zero attached hydrogens (tertiary/aromatic N) is 1. The van der Waals surface area contributed by atoms with Crippen LogP contribution in [-0.4, -0.2) is 19.1 Å². The first-order chi connectivity index (χ1) is 8.67. The Morgan fingerprint density at radius 1 is 1.33 bits per heavy atom. The van der Waals surface area contributed by atoms with Crippen molar-refractivity contribution in [1.82, 2.24) is 0 Å². The third kappa shape index (κ3) is 2.48. The largest absolute Gasteiger partial charge is 0.364 e. The van der Waals surface area contributed by atoms with Crippen LogP contribution in [0.15, 0.2) is 12.1 Å². The van der Waals surface area contributed by atoms with Crippen LogP contribution in [0.5, 0.6) is 0 Å². The normalized spacial score (nSPS) is 19.6. The third-order valence-electron chi connectivity index (χ3n) is 3.65. The van der Waals surface area contributed by atoms with E-state index in [-0.39, 0.29) is 11.7 Å². The van der Waals surface area contributed by atoms with Crippen molar-refractivity contribution in [1.29, 1.82) is 0 Å². The smallest absolute Gasteiger partial charge is 0.149 e. The highest BCUT2D eigenvalue weighted by Crippen LogP contribution is 2.32. The predicted octanol–water partition coefficient (Wildman–Crippen LogP) is 2.84. The van der Waals surface area contributed by atoms with Crippen LogP contribution >= 0.6 is 0 Å². The van der Waals surface area contributed by atoms with Crippen molar-refractivity contribution in [3.8, 4) is 0 Å². The molecule has 1 aromatic rings. The quantitative estimate of drug-likeness (QED) is 0.895. The molecule has 1 aromatic carbocycles. The van der Waals surface area contributed by atoms with Gasteiger partial charge in [-0.2, -0.15) is 0 Å². The van der Waals surface area contributed by atoms with Crippen molar-refractivity contribution in [2.75, 3.05) is 18.0 Å². The van der Waals surface area contributed by atoms with E-state index in [0.29, 0.717) is 18.5 Å². The first-order valence-electron chi connectivity index (χ1n) is 6.62. The van der Waals surface area contributed by atoms with Crippen LogP contribution in [0.3, 0.4) is 0 Å². The fourth-order valence-electron chi connectivity index (χ4n) is 2.76. The molecule has 2 nitrogen and oxygen atoms in total. The zero-order valence-electron chi connectivity index (χ0n) is 10.8. The van der Waals surface area contributed by atoms with Gasteiger partial charge in [0, 0.05) is 12.6 Å². The molecular weight excluding hydrogens is 234 g/mol. The van der Waals surface area contributed by atoms with E-state index in [1.54, 1.807) is 0 Å². The van der Waals surface area contributed by atoms with Crippen molar-refractivity contribution < 1.29 is 8.78 Å². The summed E-state index contributed by atoms with van der Waals surface area (Å²) in [4.78, 5) is 1.87. The van der Waals surface area contributed by atoms with Crippen molar-refractivity contribution in [2.24, 2.45) is 5.73 Å². The van der Waals surface area contributed by atoms with Gasteiger partial charge >= 0.3 is 0 Å². The van der Waals surface area contributed by atoms with Gasteiger partial charge in [-0.25, -0.2) is 8.78 Å². The van der Waals surface area contributed by atoms with Crippen molar-refractivity contribution >= 4 is 5.69 Å². The summed E-state index contributed by atoms with van der Waals surface area (Å²) in [7, 11) is 0. The lowest BCUT2D eigenvalue weighted by Gasteiger charge is -2.27. The number of hydrogen-bond acceptors (Lipinski definition) is 2. The summed E-state index contributed by atoms with van der Waals surface area (Å²) in [5, 5.41) is 0. The molecular formula is C14H20F2N2. The first kappa shape index (κ1) is 13.3. The van der Waals surface area contributed by atoms with E-state index < -0.39 is 11.6 Å². The molecule has 2 rings (SSSR count). The van der Waals surface area contributed by atoms with Crippen LogP contribution in [0.25, 0.3) is 0 Å².